The third-order valence-corrected chi connectivity index (χ3v) is 1.37. The Bertz CT molecular complexity index is 228. The summed E-state index contributed by atoms with van der Waals surface area (Å²) in [7, 11) is 0. The minimum atomic E-state index is -0.488. The number of hydrogen-bond acceptors (Lipinski definition) is 3. The van der Waals surface area contributed by atoms with Crippen molar-refractivity contribution in [2.75, 3.05) is 6.61 Å². The summed E-state index contributed by atoms with van der Waals surface area (Å²) >= 11 is 3.05. The first kappa shape index (κ1) is 8.37. The van der Waals surface area contributed by atoms with Gasteiger partial charge in [0, 0.05) is 6.08 Å². The van der Waals surface area contributed by atoms with Crippen LogP contribution < -0.4 is 0 Å². The Balaban J connectivity index is 2.51. The third-order valence-electron chi connectivity index (χ3n) is 0.977. The molecule has 1 aliphatic rings. The zero-order valence-electron chi connectivity index (χ0n) is 5.89. The van der Waals surface area contributed by atoms with Crippen molar-refractivity contribution in [2.24, 2.45) is 0 Å². The first-order valence-electron chi connectivity index (χ1n) is 3.08. The van der Waals surface area contributed by atoms with Crippen LogP contribution in [0.5, 0.6) is 0 Å². The monoisotopic (exact) mass is 217 g/mol. The summed E-state index contributed by atoms with van der Waals surface area (Å²) < 4.78 is 9.54. The van der Waals surface area contributed by atoms with Crippen LogP contribution in [0.3, 0.4) is 0 Å². The Morgan fingerprint density at radius 3 is 3.09 bits per heavy atom. The van der Waals surface area contributed by atoms with E-state index in [9.17, 15) is 4.79 Å². The predicted octanol–water partition coefficient (Wildman–Crippen LogP) is 1.50. The van der Waals surface area contributed by atoms with Gasteiger partial charge in [0.15, 0.2) is 0 Å². The van der Waals surface area contributed by atoms with E-state index < -0.39 is 5.97 Å². The van der Waals surface area contributed by atoms with Crippen LogP contribution in [-0.4, -0.2) is 12.6 Å². The van der Waals surface area contributed by atoms with Gasteiger partial charge in [0.25, 0.3) is 5.76 Å². The van der Waals surface area contributed by atoms with Crippen molar-refractivity contribution in [3.8, 4) is 0 Å². The Hall–Kier alpha value is -0.730. The molecule has 0 aromatic rings. The molecule has 0 fully saturated rings. The van der Waals surface area contributed by atoms with Gasteiger partial charge in [0.05, 0.1) is 6.61 Å². The number of rotatable bonds is 2. The highest BCUT2D eigenvalue weighted by Gasteiger charge is 2.19. The summed E-state index contributed by atoms with van der Waals surface area (Å²) in [4.78, 5) is 10.9. The van der Waals surface area contributed by atoms with Crippen molar-refractivity contribution in [1.29, 1.82) is 0 Å². The van der Waals surface area contributed by atoms with Crippen LogP contribution in [0.2, 0.25) is 0 Å². The largest absolute Gasteiger partial charge is 0.460 e. The van der Waals surface area contributed by atoms with Crippen LogP contribution >= 0.6 is 15.9 Å². The average Bonchev–Trinajstić information content (AvgIpc) is 2.36. The molecule has 0 amide bonds. The molecule has 0 saturated carbocycles. The van der Waals surface area contributed by atoms with Crippen molar-refractivity contribution >= 4 is 21.9 Å². The lowest BCUT2D eigenvalue weighted by Gasteiger charge is -2.03. The number of hydrogen-bond donors (Lipinski definition) is 0. The quantitative estimate of drug-likeness (QED) is 0.520. The van der Waals surface area contributed by atoms with Crippen LogP contribution in [0.15, 0.2) is 17.6 Å². The van der Waals surface area contributed by atoms with Gasteiger partial charge in [-0.2, -0.15) is 0 Å². The van der Waals surface area contributed by atoms with E-state index in [1.165, 1.54) is 6.08 Å². The van der Waals surface area contributed by atoms with E-state index >= 15 is 0 Å². The van der Waals surface area contributed by atoms with Crippen molar-refractivity contribution < 1.29 is 14.3 Å². The van der Waals surface area contributed by atoms with E-state index in [1.54, 1.807) is 6.92 Å². The smallest absolute Gasteiger partial charge is 0.382 e. The highest BCUT2D eigenvalue weighted by Crippen LogP contribution is 2.22. The van der Waals surface area contributed by atoms with E-state index in [1.807, 2.05) is 0 Å². The maximum atomic E-state index is 10.9. The summed E-state index contributed by atoms with van der Waals surface area (Å²) in [5, 5.41) is 0.473. The summed E-state index contributed by atoms with van der Waals surface area (Å²) in [6.45, 7) is 2.07. The molecule has 11 heavy (non-hydrogen) atoms. The first-order valence-corrected chi connectivity index (χ1v) is 3.87. The lowest BCUT2D eigenvalue weighted by molar-refractivity contribution is -0.141. The molecule has 3 nitrogen and oxygen atoms in total. The molecule has 0 unspecified atom stereocenters. The molecule has 1 rings (SSSR count). The fourth-order valence-corrected chi connectivity index (χ4v) is 0.852. The Morgan fingerprint density at radius 1 is 1.91 bits per heavy atom. The minimum absolute atomic E-state index is 0.0960. The number of carbonyl (C=O) groups excluding carboxylic acids is 1. The second-order valence-electron chi connectivity index (χ2n) is 1.74. The maximum Gasteiger partial charge on any atom is 0.382 e. The van der Waals surface area contributed by atoms with Gasteiger partial charge in [0.1, 0.15) is 0 Å². The van der Waals surface area contributed by atoms with Gasteiger partial charge in [-0.3, -0.25) is 0 Å². The van der Waals surface area contributed by atoms with Crippen molar-refractivity contribution in [3.63, 3.8) is 0 Å². The highest BCUT2D eigenvalue weighted by atomic mass is 79.9. The molecule has 4 heteroatoms. The SMILES string of the molecule is CCOC(=O)C1=C=C[C](Br)O1. The van der Waals surface area contributed by atoms with E-state index in [-0.39, 0.29) is 5.76 Å². The molecule has 1 heterocycles. The topological polar surface area (TPSA) is 35.5 Å². The van der Waals surface area contributed by atoms with Gasteiger partial charge >= 0.3 is 5.97 Å². The summed E-state index contributed by atoms with van der Waals surface area (Å²) in [6.07, 6.45) is 1.52. The van der Waals surface area contributed by atoms with Crippen LogP contribution in [0.25, 0.3) is 0 Å². The van der Waals surface area contributed by atoms with Gasteiger partial charge < -0.3 is 9.47 Å². The van der Waals surface area contributed by atoms with Crippen molar-refractivity contribution in [1.82, 2.24) is 0 Å². The van der Waals surface area contributed by atoms with Gasteiger partial charge in [-0.1, -0.05) is 5.73 Å². The lowest BCUT2D eigenvalue weighted by Crippen LogP contribution is -2.07. The first-order chi connectivity index (χ1) is 5.24. The molecule has 0 spiro atoms. The number of carbonyl (C=O) groups is 1. The standard InChI is InChI=1S/C7H6BrO3/c1-2-10-7(9)5-3-4-6(8)11-5/h4H,2H2,1H3. The van der Waals surface area contributed by atoms with E-state index in [0.717, 1.165) is 0 Å². The fourth-order valence-electron chi connectivity index (χ4n) is 0.576. The normalized spacial score (nSPS) is 16.0. The minimum Gasteiger partial charge on any atom is -0.460 e. The average molecular weight is 218 g/mol. The van der Waals surface area contributed by atoms with E-state index in [0.29, 0.717) is 11.6 Å². The lowest BCUT2D eigenvalue weighted by atomic mass is 10.5. The van der Waals surface area contributed by atoms with Gasteiger partial charge in [0.2, 0.25) is 5.01 Å². The molecular formula is C7H6BrO3. The highest BCUT2D eigenvalue weighted by molar-refractivity contribution is 9.11. The van der Waals surface area contributed by atoms with Crippen molar-refractivity contribution in [2.45, 2.75) is 6.92 Å². The Kier molecular flexibility index (Phi) is 2.74. The summed E-state index contributed by atoms with van der Waals surface area (Å²) in [5.74, 6) is -0.392. The van der Waals surface area contributed by atoms with Crippen LogP contribution in [0.1, 0.15) is 6.92 Å². The molecule has 0 aliphatic carbocycles. The summed E-state index contributed by atoms with van der Waals surface area (Å²) in [5.41, 5.74) is 2.60. The van der Waals surface area contributed by atoms with Crippen LogP contribution in [0, 0.1) is 5.01 Å². The van der Waals surface area contributed by atoms with Gasteiger partial charge in [-0.15, -0.1) is 0 Å². The second-order valence-corrected chi connectivity index (χ2v) is 2.53. The number of halogens is 1. The molecular weight excluding hydrogens is 212 g/mol. The predicted molar refractivity (Wildman–Crippen MR) is 41.5 cm³/mol. The van der Waals surface area contributed by atoms with Gasteiger partial charge in [-0.05, 0) is 22.9 Å². The third kappa shape index (κ3) is 2.10. The Morgan fingerprint density at radius 2 is 2.64 bits per heavy atom. The molecule has 0 atom stereocenters. The van der Waals surface area contributed by atoms with E-state index in [4.69, 9.17) is 4.74 Å². The van der Waals surface area contributed by atoms with Gasteiger partial charge in [-0.25, -0.2) is 4.79 Å². The molecule has 0 saturated heterocycles. The van der Waals surface area contributed by atoms with Crippen molar-refractivity contribution in [3.05, 3.63) is 22.6 Å². The molecule has 0 N–H and O–H groups in total. The molecule has 59 valence electrons. The van der Waals surface area contributed by atoms with Crippen LogP contribution in [-0.2, 0) is 14.3 Å². The molecule has 0 aromatic heterocycles. The fraction of sp³-hybridized carbons (Fsp3) is 0.286. The van der Waals surface area contributed by atoms with Crippen LogP contribution in [0.4, 0.5) is 0 Å². The zero-order chi connectivity index (χ0) is 8.27. The number of ether oxygens (including phenoxy) is 2. The molecule has 0 bridgehead atoms. The number of esters is 1. The summed E-state index contributed by atoms with van der Waals surface area (Å²) in [6, 6.07) is 0. The molecule has 1 radical (unpaired) electrons. The molecule has 0 aromatic carbocycles. The maximum absolute atomic E-state index is 10.9. The van der Waals surface area contributed by atoms with E-state index in [2.05, 4.69) is 26.4 Å². The molecule has 1 aliphatic heterocycles. The second kappa shape index (κ2) is 3.60. The Labute approximate surface area is 72.8 Å². The zero-order valence-corrected chi connectivity index (χ0v) is 7.47.